The Morgan fingerprint density at radius 2 is 2.14 bits per heavy atom. The monoisotopic (exact) mass is 312 g/mol. The van der Waals surface area contributed by atoms with E-state index in [0.29, 0.717) is 5.92 Å². The summed E-state index contributed by atoms with van der Waals surface area (Å²) in [5, 5.41) is 4.14. The SMILES string of the molecule is CNCC[C@@H]1C[C@]12c1ccc(Cl)cc1CCc1cccnc12. The summed E-state index contributed by atoms with van der Waals surface area (Å²) in [6, 6.07) is 10.8. The minimum atomic E-state index is 0.129. The van der Waals surface area contributed by atoms with Gasteiger partial charge in [0, 0.05) is 16.6 Å². The highest BCUT2D eigenvalue weighted by Crippen LogP contribution is 2.62. The number of nitrogens with one attached hydrogen (secondary N) is 1. The van der Waals surface area contributed by atoms with Crippen molar-refractivity contribution >= 4 is 11.6 Å². The van der Waals surface area contributed by atoms with Crippen LogP contribution in [0.3, 0.4) is 0 Å². The average molecular weight is 313 g/mol. The molecule has 0 aliphatic heterocycles. The van der Waals surface area contributed by atoms with Crippen LogP contribution in [0.4, 0.5) is 0 Å². The molecule has 1 aromatic carbocycles. The molecular formula is C19H21ClN2. The second-order valence-corrected chi connectivity index (χ2v) is 7.01. The van der Waals surface area contributed by atoms with E-state index in [4.69, 9.17) is 16.6 Å². The van der Waals surface area contributed by atoms with E-state index in [2.05, 4.69) is 29.6 Å². The molecule has 1 heterocycles. The molecule has 4 rings (SSSR count). The van der Waals surface area contributed by atoms with Crippen LogP contribution in [0.15, 0.2) is 36.5 Å². The van der Waals surface area contributed by atoms with Gasteiger partial charge in [-0.2, -0.15) is 0 Å². The largest absolute Gasteiger partial charge is 0.320 e. The maximum Gasteiger partial charge on any atom is 0.0544 e. The molecule has 1 spiro atoms. The lowest BCUT2D eigenvalue weighted by atomic mass is 9.85. The van der Waals surface area contributed by atoms with Crippen molar-refractivity contribution in [3.63, 3.8) is 0 Å². The molecule has 0 saturated heterocycles. The predicted molar refractivity (Wildman–Crippen MR) is 90.5 cm³/mol. The zero-order valence-corrected chi connectivity index (χ0v) is 13.7. The van der Waals surface area contributed by atoms with Crippen molar-refractivity contribution in [2.24, 2.45) is 5.92 Å². The van der Waals surface area contributed by atoms with E-state index < -0.39 is 0 Å². The summed E-state index contributed by atoms with van der Waals surface area (Å²) in [6.07, 6.45) is 6.50. The maximum absolute atomic E-state index is 6.25. The molecule has 2 aliphatic rings. The minimum absolute atomic E-state index is 0.129. The van der Waals surface area contributed by atoms with E-state index in [1.807, 2.05) is 19.3 Å². The summed E-state index contributed by atoms with van der Waals surface area (Å²) in [4.78, 5) is 4.82. The molecule has 2 aromatic rings. The van der Waals surface area contributed by atoms with Gasteiger partial charge in [-0.05, 0) is 80.1 Å². The molecule has 0 bridgehead atoms. The fourth-order valence-corrected chi connectivity index (χ4v) is 4.45. The smallest absolute Gasteiger partial charge is 0.0544 e. The first kappa shape index (κ1) is 14.2. The number of aryl methyl sites for hydroxylation is 2. The summed E-state index contributed by atoms with van der Waals surface area (Å²) >= 11 is 6.25. The Hall–Kier alpha value is -1.38. The van der Waals surface area contributed by atoms with Crippen LogP contribution in [0.5, 0.6) is 0 Å². The van der Waals surface area contributed by atoms with E-state index in [0.717, 1.165) is 24.4 Å². The van der Waals surface area contributed by atoms with Crippen LogP contribution in [-0.2, 0) is 18.3 Å². The number of hydrogen-bond acceptors (Lipinski definition) is 2. The molecule has 1 fully saturated rings. The van der Waals surface area contributed by atoms with Crippen molar-refractivity contribution < 1.29 is 0 Å². The fraction of sp³-hybridized carbons (Fsp3) is 0.421. The molecule has 0 radical (unpaired) electrons. The Morgan fingerprint density at radius 3 is 3.00 bits per heavy atom. The van der Waals surface area contributed by atoms with Crippen molar-refractivity contribution in [2.75, 3.05) is 13.6 Å². The highest BCUT2D eigenvalue weighted by Gasteiger charge is 2.58. The van der Waals surface area contributed by atoms with E-state index >= 15 is 0 Å². The van der Waals surface area contributed by atoms with Gasteiger partial charge in [0.25, 0.3) is 0 Å². The van der Waals surface area contributed by atoms with Crippen LogP contribution in [0.25, 0.3) is 0 Å². The lowest BCUT2D eigenvalue weighted by Gasteiger charge is -2.20. The third-order valence-corrected chi connectivity index (χ3v) is 5.61. The third-order valence-electron chi connectivity index (χ3n) is 5.37. The second-order valence-electron chi connectivity index (χ2n) is 6.58. The summed E-state index contributed by atoms with van der Waals surface area (Å²) in [5.74, 6) is 0.687. The lowest BCUT2D eigenvalue weighted by molar-refractivity contribution is 0.599. The van der Waals surface area contributed by atoms with E-state index in [1.165, 1.54) is 35.2 Å². The van der Waals surface area contributed by atoms with Gasteiger partial charge in [-0.15, -0.1) is 0 Å². The second kappa shape index (κ2) is 5.36. The van der Waals surface area contributed by atoms with Gasteiger partial charge in [-0.3, -0.25) is 4.98 Å². The number of aromatic nitrogens is 1. The number of nitrogens with zero attached hydrogens (tertiary/aromatic N) is 1. The van der Waals surface area contributed by atoms with Gasteiger partial charge in [0.1, 0.15) is 0 Å². The van der Waals surface area contributed by atoms with Crippen molar-refractivity contribution in [3.05, 3.63) is 63.9 Å². The van der Waals surface area contributed by atoms with Gasteiger partial charge >= 0.3 is 0 Å². The van der Waals surface area contributed by atoms with Crippen LogP contribution in [0, 0.1) is 5.92 Å². The summed E-state index contributed by atoms with van der Waals surface area (Å²) < 4.78 is 0. The number of fused-ring (bicyclic) bond motifs is 4. The maximum atomic E-state index is 6.25. The number of halogens is 1. The van der Waals surface area contributed by atoms with Crippen LogP contribution < -0.4 is 5.32 Å². The predicted octanol–water partition coefficient (Wildman–Crippen LogP) is 3.75. The molecule has 1 N–H and O–H groups in total. The number of hydrogen-bond donors (Lipinski definition) is 1. The van der Waals surface area contributed by atoms with Gasteiger partial charge < -0.3 is 5.32 Å². The molecule has 1 saturated carbocycles. The Labute approximate surface area is 136 Å². The third kappa shape index (κ3) is 2.09. The molecule has 22 heavy (non-hydrogen) atoms. The van der Waals surface area contributed by atoms with Gasteiger partial charge in [0.05, 0.1) is 5.69 Å². The number of pyridine rings is 1. The van der Waals surface area contributed by atoms with Crippen molar-refractivity contribution in [2.45, 2.75) is 31.1 Å². The molecule has 0 amide bonds. The Balaban J connectivity index is 1.85. The molecule has 3 heteroatoms. The molecule has 2 nitrogen and oxygen atoms in total. The van der Waals surface area contributed by atoms with Crippen molar-refractivity contribution in [3.8, 4) is 0 Å². The fourth-order valence-electron chi connectivity index (χ4n) is 4.26. The zero-order valence-electron chi connectivity index (χ0n) is 12.9. The van der Waals surface area contributed by atoms with Gasteiger partial charge in [-0.25, -0.2) is 0 Å². The van der Waals surface area contributed by atoms with Crippen LogP contribution in [-0.4, -0.2) is 18.6 Å². The first-order chi connectivity index (χ1) is 10.8. The average Bonchev–Trinajstić information content (AvgIpc) is 3.28. The molecule has 0 unspecified atom stereocenters. The highest BCUT2D eigenvalue weighted by molar-refractivity contribution is 6.30. The quantitative estimate of drug-likeness (QED) is 0.933. The van der Waals surface area contributed by atoms with Crippen molar-refractivity contribution in [1.29, 1.82) is 0 Å². The summed E-state index contributed by atoms with van der Waals surface area (Å²) in [6.45, 7) is 1.07. The van der Waals surface area contributed by atoms with Gasteiger partial charge in [0.2, 0.25) is 0 Å². The van der Waals surface area contributed by atoms with E-state index in [-0.39, 0.29) is 5.41 Å². The van der Waals surface area contributed by atoms with Gasteiger partial charge in [-0.1, -0.05) is 23.7 Å². The van der Waals surface area contributed by atoms with Crippen LogP contribution >= 0.6 is 11.6 Å². The molecule has 114 valence electrons. The molecule has 1 aromatic heterocycles. The highest BCUT2D eigenvalue weighted by atomic mass is 35.5. The Kier molecular flexibility index (Phi) is 3.47. The normalized spacial score (nSPS) is 25.5. The van der Waals surface area contributed by atoms with E-state index in [1.54, 1.807) is 0 Å². The first-order valence-electron chi connectivity index (χ1n) is 8.13. The van der Waals surface area contributed by atoms with Crippen molar-refractivity contribution in [1.82, 2.24) is 10.3 Å². The topological polar surface area (TPSA) is 24.9 Å². The van der Waals surface area contributed by atoms with E-state index in [9.17, 15) is 0 Å². The minimum Gasteiger partial charge on any atom is -0.320 e. The Bertz CT molecular complexity index is 712. The number of rotatable bonds is 3. The Morgan fingerprint density at radius 1 is 1.27 bits per heavy atom. The summed E-state index contributed by atoms with van der Waals surface area (Å²) in [5.41, 5.74) is 5.75. The molecule has 2 aliphatic carbocycles. The zero-order chi connectivity index (χ0) is 15.2. The van der Waals surface area contributed by atoms with Gasteiger partial charge in [0.15, 0.2) is 0 Å². The molecular weight excluding hydrogens is 292 g/mol. The first-order valence-corrected chi connectivity index (χ1v) is 8.51. The summed E-state index contributed by atoms with van der Waals surface area (Å²) in [7, 11) is 2.03. The standard InChI is InChI=1S/C19H21ClN2/c1-21-10-8-15-12-19(15)17-7-6-16(20)11-14(17)5-4-13-3-2-9-22-18(13)19/h2-3,6-7,9,11,15,21H,4-5,8,10,12H2,1H3/t15-,19-/m1/s1. The molecule has 2 atom stereocenters. The lowest BCUT2D eigenvalue weighted by Crippen LogP contribution is -2.18. The van der Waals surface area contributed by atoms with Crippen LogP contribution in [0.1, 0.15) is 35.2 Å². The van der Waals surface area contributed by atoms with Crippen LogP contribution in [0.2, 0.25) is 5.02 Å². The number of benzene rings is 1.